The van der Waals surface area contributed by atoms with Crippen molar-refractivity contribution in [2.75, 3.05) is 33.2 Å². The monoisotopic (exact) mass is 261 g/mol. The van der Waals surface area contributed by atoms with Crippen LogP contribution in [0.3, 0.4) is 0 Å². The molecule has 0 amide bonds. The summed E-state index contributed by atoms with van der Waals surface area (Å²) >= 11 is 0. The van der Waals surface area contributed by atoms with E-state index in [2.05, 4.69) is 14.9 Å². The zero-order chi connectivity index (χ0) is 12.3. The summed E-state index contributed by atoms with van der Waals surface area (Å²) in [5.74, 6) is 0. The Hall–Kier alpha value is -0.170. The van der Waals surface area contributed by atoms with Gasteiger partial charge in [-0.15, -0.1) is 0 Å². The van der Waals surface area contributed by atoms with Gasteiger partial charge in [-0.2, -0.15) is 0 Å². The fourth-order valence-corrected chi connectivity index (χ4v) is 4.05. The lowest BCUT2D eigenvalue weighted by atomic mass is 10.0. The van der Waals surface area contributed by atoms with Crippen LogP contribution in [0, 0.1) is 0 Å². The summed E-state index contributed by atoms with van der Waals surface area (Å²) in [6.07, 6.45) is 3.94. The zero-order valence-corrected chi connectivity index (χ0v) is 11.3. The first-order valence-corrected chi connectivity index (χ1v) is 8.05. The fraction of sp³-hybridized carbons (Fsp3) is 1.00. The Bertz CT molecular complexity index is 331. The molecule has 6 heteroatoms. The average molecular weight is 261 g/mol. The van der Waals surface area contributed by atoms with E-state index in [4.69, 9.17) is 0 Å². The van der Waals surface area contributed by atoms with Gasteiger partial charge in [-0.05, 0) is 58.9 Å². The van der Waals surface area contributed by atoms with E-state index in [1.165, 1.54) is 19.9 Å². The summed E-state index contributed by atoms with van der Waals surface area (Å²) in [4.78, 5) is 2.47. The van der Waals surface area contributed by atoms with Crippen molar-refractivity contribution in [1.29, 1.82) is 0 Å². The highest BCUT2D eigenvalue weighted by molar-refractivity contribution is 7.90. The second-order valence-electron chi connectivity index (χ2n) is 4.97. The van der Waals surface area contributed by atoms with Gasteiger partial charge in [0.25, 0.3) is 0 Å². The van der Waals surface area contributed by atoms with Crippen molar-refractivity contribution in [2.45, 2.75) is 37.0 Å². The van der Waals surface area contributed by atoms with Crippen molar-refractivity contribution in [3.63, 3.8) is 0 Å². The van der Waals surface area contributed by atoms with Gasteiger partial charge in [-0.25, -0.2) is 13.1 Å². The summed E-state index contributed by atoms with van der Waals surface area (Å²) in [5.41, 5.74) is 0. The predicted octanol–water partition coefficient (Wildman–Crippen LogP) is -0.248. The molecule has 17 heavy (non-hydrogen) atoms. The Morgan fingerprint density at radius 1 is 1.12 bits per heavy atom. The van der Waals surface area contributed by atoms with Crippen LogP contribution >= 0.6 is 0 Å². The third-order valence-corrected chi connectivity index (χ3v) is 5.94. The first-order valence-electron chi connectivity index (χ1n) is 6.50. The van der Waals surface area contributed by atoms with E-state index in [-0.39, 0.29) is 5.25 Å². The van der Waals surface area contributed by atoms with Gasteiger partial charge in [0, 0.05) is 6.04 Å². The number of hydrogen-bond donors (Lipinski definition) is 2. The van der Waals surface area contributed by atoms with E-state index in [9.17, 15) is 8.42 Å². The molecule has 0 aromatic heterocycles. The van der Waals surface area contributed by atoms with E-state index in [0.717, 1.165) is 39.0 Å². The van der Waals surface area contributed by atoms with Crippen LogP contribution in [0.5, 0.6) is 0 Å². The quantitative estimate of drug-likeness (QED) is 0.735. The molecule has 0 saturated carbocycles. The minimum Gasteiger partial charge on any atom is -0.317 e. The van der Waals surface area contributed by atoms with Gasteiger partial charge in [0.2, 0.25) is 10.0 Å². The van der Waals surface area contributed by atoms with Gasteiger partial charge in [-0.3, -0.25) is 0 Å². The summed E-state index contributed by atoms with van der Waals surface area (Å²) < 4.78 is 25.8. The van der Waals surface area contributed by atoms with Crippen molar-refractivity contribution in [3.8, 4) is 0 Å². The van der Waals surface area contributed by atoms with Gasteiger partial charge < -0.3 is 10.2 Å². The Labute approximate surface area is 104 Å². The molecule has 0 unspecified atom stereocenters. The van der Waals surface area contributed by atoms with Crippen molar-refractivity contribution in [2.24, 2.45) is 0 Å². The molecule has 2 N–H and O–H groups in total. The number of rotatable bonds is 3. The number of hydrogen-bond acceptors (Lipinski definition) is 4. The van der Waals surface area contributed by atoms with E-state index in [1.807, 2.05) is 0 Å². The molecule has 100 valence electrons. The molecule has 0 radical (unpaired) electrons. The van der Waals surface area contributed by atoms with Gasteiger partial charge in [-0.1, -0.05) is 0 Å². The Morgan fingerprint density at radius 2 is 1.71 bits per heavy atom. The summed E-state index contributed by atoms with van der Waals surface area (Å²) in [6.45, 7) is 4.05. The molecule has 2 fully saturated rings. The molecule has 5 nitrogen and oxygen atoms in total. The van der Waals surface area contributed by atoms with E-state index in [0.29, 0.717) is 6.04 Å². The van der Waals surface area contributed by atoms with Crippen molar-refractivity contribution in [1.82, 2.24) is 14.9 Å². The maximum absolute atomic E-state index is 11.7. The predicted molar refractivity (Wildman–Crippen MR) is 68.5 cm³/mol. The molecular weight excluding hydrogens is 238 g/mol. The molecule has 2 saturated heterocycles. The lowest BCUT2D eigenvalue weighted by Crippen LogP contribution is -2.49. The minimum absolute atomic E-state index is 0.189. The maximum Gasteiger partial charge on any atom is 0.214 e. The van der Waals surface area contributed by atoms with E-state index < -0.39 is 10.0 Å². The topological polar surface area (TPSA) is 61.4 Å². The van der Waals surface area contributed by atoms with Crippen LogP contribution < -0.4 is 10.0 Å². The van der Waals surface area contributed by atoms with Crippen LogP contribution in [0.15, 0.2) is 0 Å². The van der Waals surface area contributed by atoms with Gasteiger partial charge in [0.05, 0.1) is 5.25 Å². The van der Waals surface area contributed by atoms with Crippen LogP contribution in [0.1, 0.15) is 25.7 Å². The summed E-state index contributed by atoms with van der Waals surface area (Å²) in [5, 5.41) is 3.17. The van der Waals surface area contributed by atoms with Gasteiger partial charge >= 0.3 is 0 Å². The van der Waals surface area contributed by atoms with Crippen molar-refractivity contribution >= 4 is 10.0 Å². The van der Waals surface area contributed by atoms with Crippen LogP contribution in [-0.4, -0.2) is 57.8 Å². The number of nitrogens with zero attached hydrogens (tertiary/aromatic N) is 1. The lowest BCUT2D eigenvalue weighted by Gasteiger charge is -2.39. The summed E-state index contributed by atoms with van der Waals surface area (Å²) in [6, 6.07) is 0.662. The largest absolute Gasteiger partial charge is 0.317 e. The van der Waals surface area contributed by atoms with Gasteiger partial charge in [0.1, 0.15) is 0 Å². The second kappa shape index (κ2) is 5.65. The van der Waals surface area contributed by atoms with Crippen LogP contribution in [0.2, 0.25) is 0 Å². The number of piperidine rings is 2. The minimum atomic E-state index is -3.06. The van der Waals surface area contributed by atoms with Crippen LogP contribution in [-0.2, 0) is 10.0 Å². The molecule has 0 spiro atoms. The highest BCUT2D eigenvalue weighted by atomic mass is 32.2. The third-order valence-electron chi connectivity index (χ3n) is 4.02. The molecule has 2 rings (SSSR count). The van der Waals surface area contributed by atoms with Crippen LogP contribution in [0.4, 0.5) is 0 Å². The maximum atomic E-state index is 11.7. The molecular formula is C11H23N3O2S. The second-order valence-corrected chi connectivity index (χ2v) is 7.13. The molecule has 0 aliphatic carbocycles. The molecule has 0 bridgehead atoms. The third kappa shape index (κ3) is 3.19. The average Bonchev–Trinajstić information content (AvgIpc) is 2.40. The molecule has 2 aliphatic rings. The Balaban J connectivity index is 1.85. The fourth-order valence-electron chi connectivity index (χ4n) is 2.89. The first-order chi connectivity index (χ1) is 8.13. The number of sulfonamides is 1. The highest BCUT2D eigenvalue weighted by Gasteiger charge is 2.31. The first kappa shape index (κ1) is 13.3. The SMILES string of the molecule is CNS(=O)(=O)C1CCN(C2CCNCC2)CC1. The van der Waals surface area contributed by atoms with E-state index >= 15 is 0 Å². The van der Waals surface area contributed by atoms with Crippen LogP contribution in [0.25, 0.3) is 0 Å². The van der Waals surface area contributed by atoms with E-state index in [1.54, 1.807) is 0 Å². The highest BCUT2D eigenvalue weighted by Crippen LogP contribution is 2.21. The Kier molecular flexibility index (Phi) is 4.41. The molecule has 2 aliphatic heterocycles. The number of nitrogens with one attached hydrogen (secondary N) is 2. The molecule has 0 atom stereocenters. The normalized spacial score (nSPS) is 26.2. The zero-order valence-electron chi connectivity index (χ0n) is 10.5. The van der Waals surface area contributed by atoms with Crippen molar-refractivity contribution in [3.05, 3.63) is 0 Å². The Morgan fingerprint density at radius 3 is 2.24 bits per heavy atom. The molecule has 2 heterocycles. The van der Waals surface area contributed by atoms with Gasteiger partial charge in [0.15, 0.2) is 0 Å². The molecule has 0 aromatic carbocycles. The van der Waals surface area contributed by atoms with Crippen molar-refractivity contribution < 1.29 is 8.42 Å². The summed E-state index contributed by atoms with van der Waals surface area (Å²) in [7, 11) is -1.56. The smallest absolute Gasteiger partial charge is 0.214 e. The number of likely N-dealkylation sites (tertiary alicyclic amines) is 1. The lowest BCUT2D eigenvalue weighted by molar-refractivity contribution is 0.137. The molecule has 0 aromatic rings. The standard InChI is InChI=1S/C11H23N3O2S/c1-12-17(15,16)11-4-8-14(9-5-11)10-2-6-13-7-3-10/h10-13H,2-9H2,1H3.